The third kappa shape index (κ3) is 2.32. The van der Waals surface area contributed by atoms with Gasteiger partial charge in [0.15, 0.2) is 0 Å². The molecular weight excluding hydrogens is 226 g/mol. The molecule has 0 bridgehead atoms. The summed E-state index contributed by atoms with van der Waals surface area (Å²) < 4.78 is 0. The lowest BCUT2D eigenvalue weighted by molar-refractivity contribution is 0.617. The molecule has 82 valence electrons. The second kappa shape index (κ2) is 4.77. The molecular formula is C12H16ClNS. The Morgan fingerprint density at radius 1 is 1.53 bits per heavy atom. The van der Waals surface area contributed by atoms with Crippen molar-refractivity contribution in [3.8, 4) is 0 Å². The summed E-state index contributed by atoms with van der Waals surface area (Å²) in [5.41, 5.74) is 8.69. The molecule has 0 saturated heterocycles. The van der Waals surface area contributed by atoms with E-state index in [1.165, 1.54) is 28.2 Å². The van der Waals surface area contributed by atoms with E-state index in [0.717, 1.165) is 0 Å². The number of nitrogens with two attached hydrogens (primary N) is 1. The number of thioether (sulfide) groups is 1. The zero-order chi connectivity index (χ0) is 10.8. The number of hydrogen-bond donors (Lipinski definition) is 1. The van der Waals surface area contributed by atoms with Crippen LogP contribution in [0.15, 0.2) is 23.1 Å². The van der Waals surface area contributed by atoms with Gasteiger partial charge in [-0.2, -0.15) is 0 Å². The lowest BCUT2D eigenvalue weighted by Gasteiger charge is -2.19. The maximum atomic E-state index is 5.96. The molecule has 1 nitrogen and oxygen atoms in total. The van der Waals surface area contributed by atoms with Crippen molar-refractivity contribution in [3.05, 3.63) is 29.3 Å². The van der Waals surface area contributed by atoms with E-state index in [4.69, 9.17) is 17.3 Å². The highest BCUT2D eigenvalue weighted by atomic mass is 35.5. The van der Waals surface area contributed by atoms with Crippen molar-refractivity contribution < 1.29 is 0 Å². The zero-order valence-corrected chi connectivity index (χ0v) is 10.4. The molecule has 2 unspecified atom stereocenters. The van der Waals surface area contributed by atoms with Crippen molar-refractivity contribution in [3.63, 3.8) is 0 Å². The van der Waals surface area contributed by atoms with Gasteiger partial charge in [0.1, 0.15) is 0 Å². The number of hydrogen-bond acceptors (Lipinski definition) is 2. The third-order valence-corrected chi connectivity index (χ3v) is 4.39. The average Bonchev–Trinajstić information content (AvgIpc) is 2.65. The molecule has 0 amide bonds. The molecule has 1 aromatic carbocycles. The van der Waals surface area contributed by atoms with Crippen LogP contribution >= 0.6 is 23.4 Å². The number of alkyl halides is 1. The van der Waals surface area contributed by atoms with Gasteiger partial charge in [0.25, 0.3) is 0 Å². The molecule has 1 aromatic rings. The van der Waals surface area contributed by atoms with E-state index in [0.29, 0.717) is 5.88 Å². The maximum absolute atomic E-state index is 5.96. The minimum absolute atomic E-state index is 0.120. The van der Waals surface area contributed by atoms with Crippen LogP contribution in [0.5, 0.6) is 0 Å². The van der Waals surface area contributed by atoms with Crippen molar-refractivity contribution in [1.29, 1.82) is 0 Å². The summed E-state index contributed by atoms with van der Waals surface area (Å²) in [4.78, 5) is 1.43. The normalized spacial score (nSPS) is 18.6. The van der Waals surface area contributed by atoms with Gasteiger partial charge < -0.3 is 5.73 Å². The van der Waals surface area contributed by atoms with Gasteiger partial charge in [-0.05, 0) is 30.5 Å². The summed E-state index contributed by atoms with van der Waals surface area (Å²) in [6.07, 6.45) is 1.18. The third-order valence-electron chi connectivity index (χ3n) is 2.94. The van der Waals surface area contributed by atoms with Gasteiger partial charge in [-0.1, -0.05) is 12.1 Å². The van der Waals surface area contributed by atoms with Crippen molar-refractivity contribution in [2.75, 3.05) is 11.6 Å². The largest absolute Gasteiger partial charge is 0.327 e. The molecule has 0 fully saturated rings. The first-order chi connectivity index (χ1) is 7.22. The minimum atomic E-state index is 0.120. The van der Waals surface area contributed by atoms with E-state index in [9.17, 15) is 0 Å². The fourth-order valence-electron chi connectivity index (χ4n) is 1.97. The molecule has 2 N–H and O–H groups in total. The molecule has 3 heteroatoms. The highest BCUT2D eigenvalue weighted by Crippen LogP contribution is 2.33. The standard InChI is InChI=1S/C12H16ClNS/c1-8(14)11(7-13)9-2-3-12-10(6-9)4-5-15-12/h2-3,6,8,11H,4-5,7,14H2,1H3. The topological polar surface area (TPSA) is 26.0 Å². The van der Waals surface area contributed by atoms with Crippen LogP contribution < -0.4 is 5.73 Å². The number of aryl methyl sites for hydroxylation is 1. The SMILES string of the molecule is CC(N)C(CCl)c1ccc2c(c1)CCS2. The van der Waals surface area contributed by atoms with Crippen molar-refractivity contribution in [2.24, 2.45) is 5.73 Å². The first-order valence-corrected chi connectivity index (χ1v) is 6.81. The van der Waals surface area contributed by atoms with Crippen LogP contribution in [0.3, 0.4) is 0 Å². The zero-order valence-electron chi connectivity index (χ0n) is 8.87. The van der Waals surface area contributed by atoms with E-state index in [2.05, 4.69) is 18.2 Å². The molecule has 0 spiro atoms. The maximum Gasteiger partial charge on any atom is 0.0307 e. The second-order valence-corrected chi connectivity index (χ2v) is 5.53. The molecule has 1 heterocycles. The first-order valence-electron chi connectivity index (χ1n) is 5.29. The van der Waals surface area contributed by atoms with E-state index in [1.54, 1.807) is 0 Å². The Morgan fingerprint density at radius 2 is 2.33 bits per heavy atom. The quantitative estimate of drug-likeness (QED) is 0.824. The Labute approximate surface area is 100 Å². The smallest absolute Gasteiger partial charge is 0.0307 e. The molecule has 0 radical (unpaired) electrons. The lowest BCUT2D eigenvalue weighted by Crippen LogP contribution is -2.26. The Hall–Kier alpha value is -0.180. The summed E-state index contributed by atoms with van der Waals surface area (Å²) in [6, 6.07) is 6.79. The Morgan fingerprint density at radius 3 is 3.00 bits per heavy atom. The van der Waals surface area contributed by atoms with Gasteiger partial charge in [0, 0.05) is 28.5 Å². The predicted octanol–water partition coefficient (Wildman–Crippen LogP) is 3.00. The number of benzene rings is 1. The van der Waals surface area contributed by atoms with Crippen LogP contribution in [0.4, 0.5) is 0 Å². The second-order valence-electron chi connectivity index (χ2n) is 4.09. The van der Waals surface area contributed by atoms with Crippen LogP contribution in [-0.4, -0.2) is 17.7 Å². The molecule has 1 aliphatic heterocycles. The van der Waals surface area contributed by atoms with Crippen LogP contribution in [0.1, 0.15) is 24.0 Å². The monoisotopic (exact) mass is 241 g/mol. The summed E-state index contributed by atoms with van der Waals surface area (Å²) in [6.45, 7) is 2.02. The first kappa shape index (κ1) is 11.3. The molecule has 2 rings (SSSR count). The molecule has 0 aliphatic carbocycles. The average molecular weight is 242 g/mol. The number of rotatable bonds is 3. The fraction of sp³-hybridized carbons (Fsp3) is 0.500. The van der Waals surface area contributed by atoms with Crippen molar-refractivity contribution in [1.82, 2.24) is 0 Å². The van der Waals surface area contributed by atoms with Gasteiger partial charge in [-0.25, -0.2) is 0 Å². The van der Waals surface area contributed by atoms with E-state index in [1.807, 2.05) is 18.7 Å². The summed E-state index contributed by atoms with van der Waals surface area (Å²) in [7, 11) is 0. The van der Waals surface area contributed by atoms with Gasteiger partial charge in [0.2, 0.25) is 0 Å². The number of halogens is 1. The highest BCUT2D eigenvalue weighted by Gasteiger charge is 2.18. The van der Waals surface area contributed by atoms with Crippen LogP contribution in [0, 0.1) is 0 Å². The molecule has 2 atom stereocenters. The Bertz CT molecular complexity index is 351. The van der Waals surface area contributed by atoms with Gasteiger partial charge in [0.05, 0.1) is 0 Å². The molecule has 15 heavy (non-hydrogen) atoms. The van der Waals surface area contributed by atoms with Crippen LogP contribution in [-0.2, 0) is 6.42 Å². The summed E-state index contributed by atoms with van der Waals surface area (Å²) in [5.74, 6) is 2.09. The van der Waals surface area contributed by atoms with Gasteiger partial charge in [-0.15, -0.1) is 23.4 Å². The highest BCUT2D eigenvalue weighted by molar-refractivity contribution is 7.99. The Kier molecular flexibility index (Phi) is 3.60. The molecule has 0 aromatic heterocycles. The van der Waals surface area contributed by atoms with Crippen molar-refractivity contribution in [2.45, 2.75) is 30.2 Å². The predicted molar refractivity (Wildman–Crippen MR) is 68.0 cm³/mol. The van der Waals surface area contributed by atoms with E-state index >= 15 is 0 Å². The molecule has 1 aliphatic rings. The summed E-state index contributed by atoms with van der Waals surface area (Å²) in [5, 5.41) is 0. The van der Waals surface area contributed by atoms with E-state index < -0.39 is 0 Å². The van der Waals surface area contributed by atoms with Crippen molar-refractivity contribution >= 4 is 23.4 Å². The lowest BCUT2D eigenvalue weighted by atomic mass is 9.93. The van der Waals surface area contributed by atoms with Gasteiger partial charge >= 0.3 is 0 Å². The van der Waals surface area contributed by atoms with Crippen LogP contribution in [0.2, 0.25) is 0 Å². The van der Waals surface area contributed by atoms with Crippen LogP contribution in [0.25, 0.3) is 0 Å². The minimum Gasteiger partial charge on any atom is -0.327 e. The Balaban J connectivity index is 2.28. The molecule has 0 saturated carbocycles. The van der Waals surface area contributed by atoms with Gasteiger partial charge in [-0.3, -0.25) is 0 Å². The summed E-state index contributed by atoms with van der Waals surface area (Å²) >= 11 is 7.90. The fourth-order valence-corrected chi connectivity index (χ4v) is 3.48. The number of fused-ring (bicyclic) bond motifs is 1. The van der Waals surface area contributed by atoms with E-state index in [-0.39, 0.29) is 12.0 Å².